The molecular formula is C21H30ClN3O5S. The number of hydrogen-bond acceptors (Lipinski definition) is 6. The van der Waals surface area contributed by atoms with Gasteiger partial charge in [-0.2, -0.15) is 4.31 Å². The summed E-state index contributed by atoms with van der Waals surface area (Å²) in [5, 5.41) is 0.178. The summed E-state index contributed by atoms with van der Waals surface area (Å²) < 4.78 is 38.5. The van der Waals surface area contributed by atoms with Gasteiger partial charge in [0.15, 0.2) is 0 Å². The Morgan fingerprint density at radius 2 is 1.74 bits per heavy atom. The lowest BCUT2D eigenvalue weighted by Crippen LogP contribution is -2.56. The van der Waals surface area contributed by atoms with Crippen molar-refractivity contribution in [3.63, 3.8) is 0 Å². The number of amides is 1. The summed E-state index contributed by atoms with van der Waals surface area (Å²) in [6.45, 7) is 6.07. The summed E-state index contributed by atoms with van der Waals surface area (Å²) in [6.07, 6.45) is 1.42. The molecule has 3 aliphatic heterocycles. The molecule has 0 N–H and O–H groups in total. The minimum atomic E-state index is -3.78. The van der Waals surface area contributed by atoms with E-state index >= 15 is 0 Å². The zero-order valence-electron chi connectivity index (χ0n) is 17.6. The van der Waals surface area contributed by atoms with Gasteiger partial charge in [-0.15, -0.1) is 0 Å². The van der Waals surface area contributed by atoms with Gasteiger partial charge in [0.05, 0.1) is 11.6 Å². The van der Waals surface area contributed by atoms with Crippen LogP contribution in [0.1, 0.15) is 12.8 Å². The number of morpholine rings is 1. The van der Waals surface area contributed by atoms with Crippen LogP contribution >= 0.6 is 11.6 Å². The number of rotatable bonds is 5. The molecule has 8 nitrogen and oxygen atoms in total. The second-order valence-corrected chi connectivity index (χ2v) is 10.6. The first-order valence-electron chi connectivity index (χ1n) is 10.9. The van der Waals surface area contributed by atoms with Gasteiger partial charge in [0.1, 0.15) is 11.0 Å². The first kappa shape index (κ1) is 22.9. The summed E-state index contributed by atoms with van der Waals surface area (Å²) >= 11 is 6.11. The molecular weight excluding hydrogens is 442 g/mol. The molecule has 0 radical (unpaired) electrons. The first-order valence-corrected chi connectivity index (χ1v) is 12.7. The molecule has 0 aliphatic carbocycles. The van der Waals surface area contributed by atoms with E-state index in [0.29, 0.717) is 19.0 Å². The van der Waals surface area contributed by atoms with Crippen LogP contribution in [-0.2, 0) is 24.3 Å². The first-order chi connectivity index (χ1) is 14.9. The van der Waals surface area contributed by atoms with Crippen molar-refractivity contribution in [2.75, 3.05) is 65.6 Å². The second-order valence-electron chi connectivity index (χ2n) is 8.33. The van der Waals surface area contributed by atoms with Crippen LogP contribution in [0.25, 0.3) is 0 Å². The molecule has 3 fully saturated rings. The monoisotopic (exact) mass is 471 g/mol. The average Bonchev–Trinajstić information content (AvgIpc) is 2.80. The predicted octanol–water partition coefficient (Wildman–Crippen LogP) is 1.30. The summed E-state index contributed by atoms with van der Waals surface area (Å²) in [5.41, 5.74) is 0. The maximum atomic E-state index is 13.0. The summed E-state index contributed by atoms with van der Waals surface area (Å²) in [4.78, 5) is 17.3. The smallest absolute Gasteiger partial charge is 0.253 e. The number of halogens is 1. The molecule has 0 saturated carbocycles. The minimum Gasteiger partial charge on any atom is -0.381 e. The van der Waals surface area contributed by atoms with Crippen molar-refractivity contribution in [3.05, 3.63) is 29.3 Å². The molecule has 10 heteroatoms. The summed E-state index contributed by atoms with van der Waals surface area (Å²) in [6, 6.07) is 6.37. The molecule has 0 bridgehead atoms. The Labute approximate surface area is 189 Å². The third kappa shape index (κ3) is 5.40. The largest absolute Gasteiger partial charge is 0.381 e. The van der Waals surface area contributed by atoms with Gasteiger partial charge in [0.2, 0.25) is 10.0 Å². The molecule has 0 spiro atoms. The number of carbonyl (C=O) groups excluding carboxylic acids is 1. The summed E-state index contributed by atoms with van der Waals surface area (Å²) in [5.74, 6) is 0.533. The van der Waals surface area contributed by atoms with Crippen LogP contribution in [0.4, 0.5) is 0 Å². The normalized spacial score (nSPS) is 24.9. The van der Waals surface area contributed by atoms with Crippen molar-refractivity contribution in [2.45, 2.75) is 23.8 Å². The third-order valence-electron chi connectivity index (χ3n) is 6.30. The Morgan fingerprint density at radius 1 is 1.03 bits per heavy atom. The van der Waals surface area contributed by atoms with E-state index in [0.717, 1.165) is 45.7 Å². The highest BCUT2D eigenvalue weighted by Crippen LogP contribution is 2.26. The van der Waals surface area contributed by atoms with Crippen molar-refractivity contribution in [2.24, 2.45) is 5.92 Å². The summed E-state index contributed by atoms with van der Waals surface area (Å²) in [7, 11) is -3.78. The fourth-order valence-electron chi connectivity index (χ4n) is 4.44. The van der Waals surface area contributed by atoms with Crippen LogP contribution in [0.3, 0.4) is 0 Å². The van der Waals surface area contributed by atoms with E-state index in [4.69, 9.17) is 21.1 Å². The van der Waals surface area contributed by atoms with Crippen LogP contribution in [0.2, 0.25) is 5.02 Å². The number of hydrogen-bond donors (Lipinski definition) is 0. The van der Waals surface area contributed by atoms with Crippen molar-refractivity contribution in [1.82, 2.24) is 14.1 Å². The van der Waals surface area contributed by atoms with E-state index in [2.05, 4.69) is 4.90 Å². The Balaban J connectivity index is 1.32. The SMILES string of the molecule is O=C([C@H]1CN(S(=O)(=O)c2ccccc2Cl)CCO1)N1CCN(CC2CCOCC2)CC1. The highest BCUT2D eigenvalue weighted by atomic mass is 35.5. The van der Waals surface area contributed by atoms with Crippen molar-refractivity contribution >= 4 is 27.5 Å². The van der Waals surface area contributed by atoms with Crippen molar-refractivity contribution < 1.29 is 22.7 Å². The predicted molar refractivity (Wildman–Crippen MR) is 117 cm³/mol. The molecule has 0 aromatic heterocycles. The number of sulfonamides is 1. The highest BCUT2D eigenvalue weighted by molar-refractivity contribution is 7.89. The molecule has 1 atom stereocenters. The fourth-order valence-corrected chi connectivity index (χ4v) is 6.35. The molecule has 172 valence electrons. The molecule has 1 amide bonds. The average molecular weight is 472 g/mol. The molecule has 3 heterocycles. The van der Waals surface area contributed by atoms with Gasteiger partial charge in [-0.1, -0.05) is 23.7 Å². The van der Waals surface area contributed by atoms with Gasteiger partial charge in [0.25, 0.3) is 5.91 Å². The topological polar surface area (TPSA) is 79.4 Å². The number of ether oxygens (including phenoxy) is 2. The van der Waals surface area contributed by atoms with Crippen LogP contribution in [0, 0.1) is 5.92 Å². The molecule has 31 heavy (non-hydrogen) atoms. The van der Waals surface area contributed by atoms with Crippen molar-refractivity contribution in [3.8, 4) is 0 Å². The second kappa shape index (κ2) is 10.1. The molecule has 4 rings (SSSR count). The molecule has 1 aromatic carbocycles. The zero-order valence-corrected chi connectivity index (χ0v) is 19.2. The lowest BCUT2D eigenvalue weighted by atomic mass is 9.99. The zero-order chi connectivity index (χ0) is 21.8. The van der Waals surface area contributed by atoms with Crippen LogP contribution < -0.4 is 0 Å². The van der Waals surface area contributed by atoms with Gasteiger partial charge in [-0.05, 0) is 30.9 Å². The Hall–Kier alpha value is -1.23. The number of carbonyl (C=O) groups is 1. The highest BCUT2D eigenvalue weighted by Gasteiger charge is 2.37. The lowest BCUT2D eigenvalue weighted by Gasteiger charge is -2.39. The van der Waals surface area contributed by atoms with Gasteiger partial charge < -0.3 is 14.4 Å². The van der Waals surface area contributed by atoms with E-state index in [1.807, 2.05) is 0 Å². The Morgan fingerprint density at radius 3 is 2.45 bits per heavy atom. The van der Waals surface area contributed by atoms with E-state index in [9.17, 15) is 13.2 Å². The van der Waals surface area contributed by atoms with Crippen LogP contribution in [0.15, 0.2) is 29.2 Å². The third-order valence-corrected chi connectivity index (χ3v) is 8.67. The molecule has 0 unspecified atom stereocenters. The maximum Gasteiger partial charge on any atom is 0.253 e. The molecule has 3 aliphatic rings. The van der Waals surface area contributed by atoms with E-state index in [1.165, 1.54) is 10.4 Å². The van der Waals surface area contributed by atoms with Gasteiger partial charge in [-0.3, -0.25) is 9.69 Å². The Kier molecular flexibility index (Phi) is 7.51. The van der Waals surface area contributed by atoms with Gasteiger partial charge >= 0.3 is 0 Å². The minimum absolute atomic E-state index is 0.00861. The fraction of sp³-hybridized carbons (Fsp3) is 0.667. The maximum absolute atomic E-state index is 13.0. The van der Waals surface area contributed by atoms with Gasteiger partial charge in [0, 0.05) is 59.0 Å². The number of piperazine rings is 1. The van der Waals surface area contributed by atoms with Crippen LogP contribution in [0.5, 0.6) is 0 Å². The van der Waals surface area contributed by atoms with E-state index in [1.54, 1.807) is 23.1 Å². The van der Waals surface area contributed by atoms with E-state index in [-0.39, 0.29) is 35.5 Å². The molecule has 3 saturated heterocycles. The standard InChI is InChI=1S/C21H30ClN3O5S/c22-18-3-1-2-4-20(18)31(27,28)25-11-14-30-19(16-25)21(26)24-9-7-23(8-10-24)15-17-5-12-29-13-6-17/h1-4,17,19H,5-16H2/t19-/m1/s1. The van der Waals surface area contributed by atoms with Crippen molar-refractivity contribution in [1.29, 1.82) is 0 Å². The number of nitrogens with zero attached hydrogens (tertiary/aromatic N) is 3. The van der Waals surface area contributed by atoms with Crippen LogP contribution in [-0.4, -0.2) is 100 Å². The number of benzene rings is 1. The Bertz CT molecular complexity index is 870. The molecule has 1 aromatic rings. The van der Waals surface area contributed by atoms with Gasteiger partial charge in [-0.25, -0.2) is 8.42 Å². The lowest BCUT2D eigenvalue weighted by molar-refractivity contribution is -0.149. The quantitative estimate of drug-likeness (QED) is 0.644. The van der Waals surface area contributed by atoms with E-state index < -0.39 is 16.1 Å².